The Bertz CT molecular complexity index is 662. The lowest BCUT2D eigenvalue weighted by Gasteiger charge is -2.31. The molecule has 0 saturated carbocycles. The predicted molar refractivity (Wildman–Crippen MR) is 138 cm³/mol. The Morgan fingerprint density at radius 2 is 1.84 bits per heavy atom. The molecule has 0 aromatic carbocycles. The standard InChI is InChI=1S/C23H42N6O.HI/c1-6-24-23(29-14-11-21(16-29)28(7-2)8-3)25-15-20-9-12-27(13-10-20)17-22-26-18(4)19(5)30-22;/h20-21H,6-17H2,1-5H3,(H,24,25);1H. The second-order valence-corrected chi connectivity index (χ2v) is 8.77. The van der Waals surface area contributed by atoms with Crippen molar-refractivity contribution in [3.05, 3.63) is 17.3 Å². The van der Waals surface area contributed by atoms with Crippen molar-refractivity contribution < 1.29 is 4.42 Å². The van der Waals surface area contributed by atoms with E-state index in [1.807, 2.05) is 13.8 Å². The molecule has 0 bridgehead atoms. The first-order valence-corrected chi connectivity index (χ1v) is 12.0. The van der Waals surface area contributed by atoms with Crippen molar-refractivity contribution in [1.29, 1.82) is 0 Å². The number of rotatable bonds is 8. The maximum atomic E-state index is 5.76. The Hall–Kier alpha value is -0.870. The van der Waals surface area contributed by atoms with Crippen molar-refractivity contribution in [2.45, 2.75) is 66.5 Å². The van der Waals surface area contributed by atoms with Gasteiger partial charge >= 0.3 is 0 Å². The van der Waals surface area contributed by atoms with Crippen LogP contribution in [0.15, 0.2) is 9.41 Å². The van der Waals surface area contributed by atoms with Gasteiger partial charge in [0.25, 0.3) is 0 Å². The van der Waals surface area contributed by atoms with Crippen molar-refractivity contribution in [2.24, 2.45) is 10.9 Å². The van der Waals surface area contributed by atoms with Crippen LogP contribution in [0.2, 0.25) is 0 Å². The molecule has 0 radical (unpaired) electrons. The fourth-order valence-corrected chi connectivity index (χ4v) is 4.74. The smallest absolute Gasteiger partial charge is 0.208 e. The molecule has 0 spiro atoms. The number of likely N-dealkylation sites (tertiary alicyclic amines) is 2. The lowest BCUT2D eigenvalue weighted by atomic mass is 9.97. The Kier molecular flexibility index (Phi) is 11.1. The first kappa shape index (κ1) is 26.4. The van der Waals surface area contributed by atoms with Crippen LogP contribution in [0.3, 0.4) is 0 Å². The summed E-state index contributed by atoms with van der Waals surface area (Å²) in [6, 6.07) is 0.662. The molecule has 1 aromatic heterocycles. The minimum absolute atomic E-state index is 0. The highest BCUT2D eigenvalue weighted by Crippen LogP contribution is 2.21. The molecule has 2 saturated heterocycles. The number of aliphatic imine (C=N–C) groups is 1. The summed E-state index contributed by atoms with van der Waals surface area (Å²) in [6.07, 6.45) is 3.64. The topological polar surface area (TPSA) is 60.1 Å². The highest BCUT2D eigenvalue weighted by Gasteiger charge is 2.28. The van der Waals surface area contributed by atoms with Gasteiger partial charge in [0, 0.05) is 32.2 Å². The van der Waals surface area contributed by atoms with Gasteiger partial charge < -0.3 is 14.6 Å². The highest BCUT2D eigenvalue weighted by atomic mass is 127. The van der Waals surface area contributed by atoms with E-state index in [1.165, 1.54) is 19.3 Å². The Morgan fingerprint density at radius 3 is 2.42 bits per heavy atom. The second kappa shape index (κ2) is 13.0. The molecule has 31 heavy (non-hydrogen) atoms. The third-order valence-electron chi connectivity index (χ3n) is 6.76. The average Bonchev–Trinajstić information content (AvgIpc) is 3.34. The first-order chi connectivity index (χ1) is 14.5. The van der Waals surface area contributed by atoms with Gasteiger partial charge in [-0.25, -0.2) is 4.98 Å². The summed E-state index contributed by atoms with van der Waals surface area (Å²) in [7, 11) is 0. The van der Waals surface area contributed by atoms with Crippen LogP contribution >= 0.6 is 24.0 Å². The minimum Gasteiger partial charge on any atom is -0.444 e. The molecule has 1 N–H and O–H groups in total. The van der Waals surface area contributed by atoms with Crippen LogP contribution in [0.5, 0.6) is 0 Å². The fraction of sp³-hybridized carbons (Fsp3) is 0.826. The van der Waals surface area contributed by atoms with E-state index in [4.69, 9.17) is 9.41 Å². The zero-order valence-corrected chi connectivity index (χ0v) is 22.5. The van der Waals surface area contributed by atoms with E-state index in [1.54, 1.807) is 0 Å². The van der Waals surface area contributed by atoms with Gasteiger partial charge in [-0.3, -0.25) is 14.8 Å². The van der Waals surface area contributed by atoms with Gasteiger partial charge in [0.2, 0.25) is 5.89 Å². The van der Waals surface area contributed by atoms with Gasteiger partial charge in [-0.2, -0.15) is 0 Å². The minimum atomic E-state index is 0. The molecule has 2 fully saturated rings. The van der Waals surface area contributed by atoms with Gasteiger partial charge in [0.15, 0.2) is 5.96 Å². The van der Waals surface area contributed by atoms with E-state index in [0.29, 0.717) is 12.0 Å². The maximum absolute atomic E-state index is 5.76. The summed E-state index contributed by atoms with van der Waals surface area (Å²) in [4.78, 5) is 17.1. The largest absolute Gasteiger partial charge is 0.444 e. The third kappa shape index (κ3) is 7.32. The van der Waals surface area contributed by atoms with E-state index in [9.17, 15) is 0 Å². The maximum Gasteiger partial charge on any atom is 0.208 e. The third-order valence-corrected chi connectivity index (χ3v) is 6.76. The molecular weight excluding hydrogens is 503 g/mol. The molecule has 7 nitrogen and oxygen atoms in total. The van der Waals surface area contributed by atoms with E-state index >= 15 is 0 Å². The van der Waals surface area contributed by atoms with Crippen LogP contribution in [-0.2, 0) is 6.54 Å². The molecule has 0 amide bonds. The molecule has 8 heteroatoms. The summed E-state index contributed by atoms with van der Waals surface area (Å²) in [5.41, 5.74) is 1.01. The van der Waals surface area contributed by atoms with Gasteiger partial charge in [0.1, 0.15) is 5.76 Å². The van der Waals surface area contributed by atoms with Crippen molar-refractivity contribution in [3.63, 3.8) is 0 Å². The average molecular weight is 547 g/mol. The van der Waals surface area contributed by atoms with Crippen LogP contribution < -0.4 is 5.32 Å². The Labute approximate surface area is 206 Å². The molecule has 3 rings (SSSR count). The van der Waals surface area contributed by atoms with E-state index in [0.717, 1.165) is 82.2 Å². The van der Waals surface area contributed by atoms with Gasteiger partial charge in [-0.15, -0.1) is 24.0 Å². The normalized spacial score (nSPS) is 21.0. The summed E-state index contributed by atoms with van der Waals surface area (Å²) in [5, 5.41) is 3.54. The summed E-state index contributed by atoms with van der Waals surface area (Å²) in [6.45, 7) is 20.1. The summed E-state index contributed by atoms with van der Waals surface area (Å²) in [5.74, 6) is 3.58. The lowest BCUT2D eigenvalue weighted by Crippen LogP contribution is -2.43. The Morgan fingerprint density at radius 1 is 1.13 bits per heavy atom. The van der Waals surface area contributed by atoms with Gasteiger partial charge in [0.05, 0.1) is 12.2 Å². The van der Waals surface area contributed by atoms with Crippen LogP contribution in [-0.4, -0.2) is 84.0 Å². The monoisotopic (exact) mass is 546 g/mol. The summed E-state index contributed by atoms with van der Waals surface area (Å²) < 4.78 is 5.76. The van der Waals surface area contributed by atoms with Gasteiger partial charge in [-0.05, 0) is 72.1 Å². The molecule has 1 atom stereocenters. The van der Waals surface area contributed by atoms with Crippen molar-refractivity contribution >= 4 is 29.9 Å². The number of likely N-dealkylation sites (N-methyl/N-ethyl adjacent to an activating group) is 1. The molecule has 3 heterocycles. The number of nitrogens with one attached hydrogen (secondary N) is 1. The molecule has 1 aromatic rings. The van der Waals surface area contributed by atoms with Crippen LogP contribution in [0.1, 0.15) is 57.4 Å². The molecule has 178 valence electrons. The number of halogens is 1. The van der Waals surface area contributed by atoms with E-state index < -0.39 is 0 Å². The molecule has 2 aliphatic rings. The van der Waals surface area contributed by atoms with Crippen molar-refractivity contribution in [3.8, 4) is 0 Å². The zero-order chi connectivity index (χ0) is 21.5. The van der Waals surface area contributed by atoms with Crippen molar-refractivity contribution in [2.75, 3.05) is 52.4 Å². The highest BCUT2D eigenvalue weighted by molar-refractivity contribution is 14.0. The number of piperidine rings is 1. The number of aryl methyl sites for hydroxylation is 2. The molecule has 0 aliphatic carbocycles. The van der Waals surface area contributed by atoms with Crippen LogP contribution in [0.4, 0.5) is 0 Å². The quantitative estimate of drug-likeness (QED) is 0.306. The van der Waals surface area contributed by atoms with Gasteiger partial charge in [-0.1, -0.05) is 13.8 Å². The lowest BCUT2D eigenvalue weighted by molar-refractivity contribution is 0.166. The van der Waals surface area contributed by atoms with Crippen LogP contribution in [0.25, 0.3) is 0 Å². The molecular formula is C23H43IN6O. The fourth-order valence-electron chi connectivity index (χ4n) is 4.74. The predicted octanol–water partition coefficient (Wildman–Crippen LogP) is 3.50. The van der Waals surface area contributed by atoms with E-state index in [2.05, 4.69) is 45.8 Å². The first-order valence-electron chi connectivity index (χ1n) is 12.0. The number of aromatic nitrogens is 1. The zero-order valence-electron chi connectivity index (χ0n) is 20.2. The molecule has 1 unspecified atom stereocenters. The van der Waals surface area contributed by atoms with Crippen molar-refractivity contribution in [1.82, 2.24) is 25.0 Å². The second-order valence-electron chi connectivity index (χ2n) is 8.77. The Balaban J connectivity index is 0.00000341. The number of hydrogen-bond donors (Lipinski definition) is 1. The van der Waals surface area contributed by atoms with Crippen LogP contribution in [0, 0.1) is 19.8 Å². The van der Waals surface area contributed by atoms with E-state index in [-0.39, 0.29) is 24.0 Å². The number of oxazole rings is 1. The SMILES string of the molecule is CCNC(=NCC1CCN(Cc2nc(C)c(C)o2)CC1)N1CCC(N(CC)CC)C1.I. The summed E-state index contributed by atoms with van der Waals surface area (Å²) >= 11 is 0. The number of hydrogen-bond acceptors (Lipinski definition) is 5. The number of guanidine groups is 1. The number of nitrogens with zero attached hydrogens (tertiary/aromatic N) is 5. The molecule has 2 aliphatic heterocycles.